The molecule has 0 radical (unpaired) electrons. The van der Waals surface area contributed by atoms with Crippen LogP contribution in [0.1, 0.15) is 48.7 Å². The predicted octanol–water partition coefficient (Wildman–Crippen LogP) is 3.60. The smallest absolute Gasteiger partial charge is 0.251 e. The third-order valence-electron chi connectivity index (χ3n) is 5.06. The zero-order valence-corrected chi connectivity index (χ0v) is 16.7. The number of carbonyl (C=O) groups excluding carboxylic acids is 1. The summed E-state index contributed by atoms with van der Waals surface area (Å²) in [6, 6.07) is 16.0. The zero-order chi connectivity index (χ0) is 19.6. The van der Waals surface area contributed by atoms with Gasteiger partial charge in [-0.15, -0.1) is 0 Å². The molecule has 5 nitrogen and oxygen atoms in total. The Hall–Kier alpha value is -2.18. The van der Waals surface area contributed by atoms with Crippen LogP contribution in [0.25, 0.3) is 0 Å². The van der Waals surface area contributed by atoms with Crippen LogP contribution in [0.5, 0.6) is 0 Å². The van der Waals surface area contributed by atoms with Crippen LogP contribution in [0.4, 0.5) is 0 Å². The van der Waals surface area contributed by atoms with Crippen LogP contribution in [0, 0.1) is 5.92 Å². The lowest BCUT2D eigenvalue weighted by atomic mass is 10.0. The van der Waals surface area contributed by atoms with Crippen LogP contribution in [-0.4, -0.2) is 31.7 Å². The van der Waals surface area contributed by atoms with Crippen molar-refractivity contribution in [1.82, 2.24) is 9.62 Å². The summed E-state index contributed by atoms with van der Waals surface area (Å²) in [7, 11) is -1.99. The van der Waals surface area contributed by atoms with E-state index in [1.54, 1.807) is 19.2 Å². The molecule has 1 fully saturated rings. The lowest BCUT2D eigenvalue weighted by molar-refractivity contribution is 0.0931. The van der Waals surface area contributed by atoms with Crippen molar-refractivity contribution in [2.75, 3.05) is 7.05 Å². The first-order valence-electron chi connectivity index (χ1n) is 9.24. The van der Waals surface area contributed by atoms with Gasteiger partial charge in [0.2, 0.25) is 10.0 Å². The normalized spacial score (nSPS) is 15.7. The van der Waals surface area contributed by atoms with Crippen molar-refractivity contribution in [3.63, 3.8) is 0 Å². The molecule has 1 atom stereocenters. The number of benzene rings is 2. The Bertz CT molecular complexity index is 889. The minimum atomic E-state index is -3.55. The van der Waals surface area contributed by atoms with Gasteiger partial charge in [0.25, 0.3) is 5.91 Å². The second kappa shape index (κ2) is 7.82. The standard InChI is InChI=1S/C21H26N2O3S/c1-15(2)23(3)27(25,26)19-13-11-18(12-14-19)21(24)22-20(17-9-10-17)16-7-5-4-6-8-16/h4-8,11-15,17,20H,9-10H2,1-3H3,(H,22,24). The van der Waals surface area contributed by atoms with E-state index in [0.717, 1.165) is 18.4 Å². The van der Waals surface area contributed by atoms with E-state index in [-0.39, 0.29) is 22.9 Å². The van der Waals surface area contributed by atoms with Gasteiger partial charge in [0, 0.05) is 18.7 Å². The minimum absolute atomic E-state index is 0.00539. The SMILES string of the molecule is CC(C)N(C)S(=O)(=O)c1ccc(C(=O)NC(c2ccccc2)C2CC2)cc1. The van der Waals surface area contributed by atoms with Gasteiger partial charge in [-0.25, -0.2) is 8.42 Å². The molecule has 2 aromatic rings. The quantitative estimate of drug-likeness (QED) is 0.791. The van der Waals surface area contributed by atoms with Gasteiger partial charge in [0.1, 0.15) is 0 Å². The number of nitrogens with one attached hydrogen (secondary N) is 1. The molecule has 3 rings (SSSR count). The maximum Gasteiger partial charge on any atom is 0.251 e. The number of hydrogen-bond donors (Lipinski definition) is 1. The Morgan fingerprint density at radius 1 is 1.04 bits per heavy atom. The Balaban J connectivity index is 1.76. The highest BCUT2D eigenvalue weighted by Gasteiger charge is 2.33. The first kappa shape index (κ1) is 19.6. The summed E-state index contributed by atoms with van der Waals surface area (Å²) in [6.45, 7) is 3.64. The van der Waals surface area contributed by atoms with Crippen LogP contribution in [-0.2, 0) is 10.0 Å². The zero-order valence-electron chi connectivity index (χ0n) is 15.9. The molecule has 1 aliphatic rings. The van der Waals surface area contributed by atoms with Gasteiger partial charge in [-0.2, -0.15) is 4.31 Å². The molecule has 1 aliphatic carbocycles. The van der Waals surface area contributed by atoms with Crippen molar-refractivity contribution < 1.29 is 13.2 Å². The number of carbonyl (C=O) groups is 1. The maximum absolute atomic E-state index is 12.7. The maximum atomic E-state index is 12.7. The molecule has 0 heterocycles. The molecule has 0 bridgehead atoms. The van der Waals surface area contributed by atoms with E-state index < -0.39 is 10.0 Å². The van der Waals surface area contributed by atoms with Crippen molar-refractivity contribution in [1.29, 1.82) is 0 Å². The number of rotatable bonds is 7. The minimum Gasteiger partial charge on any atom is -0.345 e. The van der Waals surface area contributed by atoms with E-state index in [4.69, 9.17) is 0 Å². The summed E-state index contributed by atoms with van der Waals surface area (Å²) in [4.78, 5) is 12.9. The van der Waals surface area contributed by atoms with Crippen LogP contribution in [0.2, 0.25) is 0 Å². The third-order valence-corrected chi connectivity index (χ3v) is 7.11. The Labute approximate surface area is 161 Å². The molecule has 0 saturated heterocycles. The third kappa shape index (κ3) is 4.39. The molecule has 1 N–H and O–H groups in total. The van der Waals surface area contributed by atoms with Crippen LogP contribution >= 0.6 is 0 Å². The molecule has 2 aromatic carbocycles. The number of hydrogen-bond acceptors (Lipinski definition) is 3. The molecule has 0 aromatic heterocycles. The van der Waals surface area contributed by atoms with Gasteiger partial charge in [-0.1, -0.05) is 30.3 Å². The first-order valence-corrected chi connectivity index (χ1v) is 10.7. The average Bonchev–Trinajstić information content (AvgIpc) is 3.51. The molecule has 1 unspecified atom stereocenters. The largest absolute Gasteiger partial charge is 0.345 e. The van der Waals surface area contributed by atoms with E-state index in [0.29, 0.717) is 11.5 Å². The Morgan fingerprint density at radius 2 is 1.63 bits per heavy atom. The molecule has 1 saturated carbocycles. The second-order valence-electron chi connectivity index (χ2n) is 7.34. The van der Waals surface area contributed by atoms with Crippen molar-refractivity contribution in [3.8, 4) is 0 Å². The van der Waals surface area contributed by atoms with E-state index in [1.807, 2.05) is 44.2 Å². The van der Waals surface area contributed by atoms with Gasteiger partial charge in [-0.05, 0) is 62.4 Å². The Kier molecular flexibility index (Phi) is 5.67. The lowest BCUT2D eigenvalue weighted by Crippen LogP contribution is -2.33. The molecule has 144 valence electrons. The van der Waals surface area contributed by atoms with Crippen LogP contribution in [0.15, 0.2) is 59.5 Å². The summed E-state index contributed by atoms with van der Waals surface area (Å²) in [5, 5.41) is 3.11. The van der Waals surface area contributed by atoms with Crippen molar-refractivity contribution in [2.24, 2.45) is 5.92 Å². The summed E-state index contributed by atoms with van der Waals surface area (Å²) in [6.07, 6.45) is 2.22. The first-order chi connectivity index (χ1) is 12.8. The molecule has 0 aliphatic heterocycles. The second-order valence-corrected chi connectivity index (χ2v) is 9.34. The summed E-state index contributed by atoms with van der Waals surface area (Å²) >= 11 is 0. The molecule has 1 amide bonds. The van der Waals surface area contributed by atoms with Crippen molar-refractivity contribution in [3.05, 3.63) is 65.7 Å². The van der Waals surface area contributed by atoms with Crippen molar-refractivity contribution >= 4 is 15.9 Å². The highest BCUT2D eigenvalue weighted by atomic mass is 32.2. The summed E-state index contributed by atoms with van der Waals surface area (Å²) in [5.74, 6) is 0.285. The highest BCUT2D eigenvalue weighted by Crippen LogP contribution is 2.41. The van der Waals surface area contributed by atoms with E-state index in [2.05, 4.69) is 5.32 Å². The number of amides is 1. The topological polar surface area (TPSA) is 66.5 Å². The van der Waals surface area contributed by atoms with Crippen LogP contribution in [0.3, 0.4) is 0 Å². The van der Waals surface area contributed by atoms with Gasteiger partial charge in [-0.3, -0.25) is 4.79 Å². The van der Waals surface area contributed by atoms with Gasteiger partial charge in [0.05, 0.1) is 10.9 Å². The van der Waals surface area contributed by atoms with Gasteiger partial charge >= 0.3 is 0 Å². The Morgan fingerprint density at radius 3 is 2.15 bits per heavy atom. The predicted molar refractivity (Wildman–Crippen MR) is 106 cm³/mol. The summed E-state index contributed by atoms with van der Waals surface area (Å²) in [5.41, 5.74) is 1.56. The lowest BCUT2D eigenvalue weighted by Gasteiger charge is -2.21. The van der Waals surface area contributed by atoms with Crippen molar-refractivity contribution in [2.45, 2.75) is 43.7 Å². The van der Waals surface area contributed by atoms with Gasteiger partial charge in [0.15, 0.2) is 0 Å². The number of sulfonamides is 1. The highest BCUT2D eigenvalue weighted by molar-refractivity contribution is 7.89. The monoisotopic (exact) mass is 386 g/mol. The van der Waals surface area contributed by atoms with Crippen LogP contribution < -0.4 is 5.32 Å². The van der Waals surface area contributed by atoms with E-state index in [9.17, 15) is 13.2 Å². The fraction of sp³-hybridized carbons (Fsp3) is 0.381. The molecular weight excluding hydrogens is 360 g/mol. The molecule has 0 spiro atoms. The van der Waals surface area contributed by atoms with Gasteiger partial charge < -0.3 is 5.32 Å². The summed E-state index contributed by atoms with van der Waals surface area (Å²) < 4.78 is 26.4. The van der Waals surface area contributed by atoms with E-state index in [1.165, 1.54) is 16.4 Å². The molecule has 27 heavy (non-hydrogen) atoms. The molecular formula is C21H26N2O3S. The molecule has 6 heteroatoms. The average molecular weight is 387 g/mol. The number of nitrogens with zero attached hydrogens (tertiary/aromatic N) is 1. The fourth-order valence-corrected chi connectivity index (χ4v) is 4.38. The van der Waals surface area contributed by atoms with E-state index >= 15 is 0 Å². The fourth-order valence-electron chi connectivity index (χ4n) is 3.01.